The Balaban J connectivity index is 1.79. The Bertz CT molecular complexity index is 852. The van der Waals surface area contributed by atoms with Crippen LogP contribution in [0.2, 0.25) is 5.02 Å². The first-order valence-electron chi connectivity index (χ1n) is 7.27. The van der Waals surface area contributed by atoms with Gasteiger partial charge in [0.1, 0.15) is 0 Å². The summed E-state index contributed by atoms with van der Waals surface area (Å²) < 4.78 is 0. The Kier molecular flexibility index (Phi) is 4.51. The molecule has 1 N–H and O–H groups in total. The molecule has 0 bridgehead atoms. The highest BCUT2D eigenvalue weighted by molar-refractivity contribution is 7.17. The lowest BCUT2D eigenvalue weighted by atomic mass is 10.1. The molecule has 0 radical (unpaired) electrons. The fourth-order valence-corrected chi connectivity index (χ4v) is 3.26. The van der Waals surface area contributed by atoms with Crippen LogP contribution >= 0.6 is 22.9 Å². The van der Waals surface area contributed by atoms with Crippen LogP contribution in [0.4, 0.5) is 5.69 Å². The standard InChI is InChI=1S/C19H16ClNOS/c1-12-3-4-14(11-13(12)2)17-9-10-18(23-17)19(22)21-16-7-5-15(20)6-8-16/h3-11H,1-2H3,(H,21,22). The van der Waals surface area contributed by atoms with Crippen LogP contribution < -0.4 is 5.32 Å². The normalized spacial score (nSPS) is 10.6. The molecule has 0 unspecified atom stereocenters. The van der Waals surface area contributed by atoms with Crippen LogP contribution in [0.1, 0.15) is 20.8 Å². The van der Waals surface area contributed by atoms with Crippen molar-refractivity contribution < 1.29 is 4.79 Å². The maximum absolute atomic E-state index is 12.3. The van der Waals surface area contributed by atoms with Gasteiger partial charge in [-0.25, -0.2) is 0 Å². The van der Waals surface area contributed by atoms with Crippen molar-refractivity contribution in [3.05, 3.63) is 75.6 Å². The van der Waals surface area contributed by atoms with Crippen molar-refractivity contribution in [3.8, 4) is 10.4 Å². The van der Waals surface area contributed by atoms with Gasteiger partial charge < -0.3 is 5.32 Å². The Morgan fingerprint density at radius 3 is 2.39 bits per heavy atom. The van der Waals surface area contributed by atoms with Gasteiger partial charge in [-0.1, -0.05) is 29.8 Å². The van der Waals surface area contributed by atoms with Gasteiger partial charge in [0.25, 0.3) is 5.91 Å². The third kappa shape index (κ3) is 3.63. The van der Waals surface area contributed by atoms with E-state index in [9.17, 15) is 4.79 Å². The average Bonchev–Trinajstić information content (AvgIpc) is 3.02. The summed E-state index contributed by atoms with van der Waals surface area (Å²) in [5.74, 6) is -0.104. The number of anilines is 1. The molecule has 116 valence electrons. The molecule has 1 aromatic heterocycles. The SMILES string of the molecule is Cc1ccc(-c2ccc(C(=O)Nc3ccc(Cl)cc3)s2)cc1C. The Hall–Kier alpha value is -2.10. The number of thiophene rings is 1. The highest BCUT2D eigenvalue weighted by Crippen LogP contribution is 2.30. The lowest BCUT2D eigenvalue weighted by Crippen LogP contribution is -2.09. The molecule has 3 rings (SSSR count). The number of amides is 1. The van der Waals surface area contributed by atoms with E-state index in [4.69, 9.17) is 11.6 Å². The van der Waals surface area contributed by atoms with Crippen LogP contribution in [-0.2, 0) is 0 Å². The van der Waals surface area contributed by atoms with Crippen LogP contribution in [0.15, 0.2) is 54.6 Å². The number of halogens is 1. The number of hydrogen-bond acceptors (Lipinski definition) is 2. The van der Waals surface area contributed by atoms with E-state index in [1.807, 2.05) is 12.1 Å². The summed E-state index contributed by atoms with van der Waals surface area (Å²) in [4.78, 5) is 14.1. The average molecular weight is 342 g/mol. The van der Waals surface area contributed by atoms with Gasteiger partial charge in [-0.2, -0.15) is 0 Å². The van der Waals surface area contributed by atoms with E-state index in [1.54, 1.807) is 24.3 Å². The molecule has 0 saturated heterocycles. The van der Waals surface area contributed by atoms with Crippen molar-refractivity contribution in [2.75, 3.05) is 5.32 Å². The zero-order valence-corrected chi connectivity index (χ0v) is 14.5. The number of hydrogen-bond donors (Lipinski definition) is 1. The number of carbonyl (C=O) groups is 1. The van der Waals surface area contributed by atoms with Crippen molar-refractivity contribution >= 4 is 34.5 Å². The van der Waals surface area contributed by atoms with E-state index in [1.165, 1.54) is 22.5 Å². The largest absolute Gasteiger partial charge is 0.321 e. The second kappa shape index (κ2) is 6.57. The molecule has 4 heteroatoms. The lowest BCUT2D eigenvalue weighted by Gasteiger charge is -2.04. The molecule has 0 aliphatic heterocycles. The van der Waals surface area contributed by atoms with Crippen molar-refractivity contribution in [1.82, 2.24) is 0 Å². The fraction of sp³-hybridized carbons (Fsp3) is 0.105. The second-order valence-corrected chi connectivity index (χ2v) is 6.94. The van der Waals surface area contributed by atoms with Gasteiger partial charge in [-0.15, -0.1) is 11.3 Å². The third-order valence-corrected chi connectivity index (χ3v) is 5.11. The van der Waals surface area contributed by atoms with Gasteiger partial charge in [-0.3, -0.25) is 4.79 Å². The number of benzene rings is 2. The first-order chi connectivity index (χ1) is 11.0. The van der Waals surface area contributed by atoms with Crippen molar-refractivity contribution in [3.63, 3.8) is 0 Å². The van der Waals surface area contributed by atoms with E-state index in [0.29, 0.717) is 9.90 Å². The molecule has 1 amide bonds. The van der Waals surface area contributed by atoms with Gasteiger partial charge in [0.05, 0.1) is 4.88 Å². The Morgan fingerprint density at radius 1 is 0.957 bits per heavy atom. The van der Waals surface area contributed by atoms with Crippen molar-refractivity contribution in [2.45, 2.75) is 13.8 Å². The van der Waals surface area contributed by atoms with Gasteiger partial charge in [0.2, 0.25) is 0 Å². The fourth-order valence-electron chi connectivity index (χ4n) is 2.24. The molecular weight excluding hydrogens is 326 g/mol. The molecule has 2 aromatic carbocycles. The maximum Gasteiger partial charge on any atom is 0.265 e. The zero-order chi connectivity index (χ0) is 16.4. The minimum absolute atomic E-state index is 0.104. The Labute approximate surface area is 144 Å². The molecule has 0 saturated carbocycles. The van der Waals surface area contributed by atoms with E-state index in [-0.39, 0.29) is 5.91 Å². The van der Waals surface area contributed by atoms with Gasteiger partial charge in [0.15, 0.2) is 0 Å². The minimum Gasteiger partial charge on any atom is -0.321 e. The number of rotatable bonds is 3. The molecule has 1 heterocycles. The summed E-state index contributed by atoms with van der Waals surface area (Å²) in [6.07, 6.45) is 0. The topological polar surface area (TPSA) is 29.1 Å². The molecular formula is C19H16ClNOS. The molecule has 0 atom stereocenters. The highest BCUT2D eigenvalue weighted by atomic mass is 35.5. The van der Waals surface area contributed by atoms with Crippen molar-refractivity contribution in [2.24, 2.45) is 0 Å². The van der Waals surface area contributed by atoms with Gasteiger partial charge >= 0.3 is 0 Å². The quantitative estimate of drug-likeness (QED) is 0.627. The number of aryl methyl sites for hydroxylation is 2. The number of carbonyl (C=O) groups excluding carboxylic acids is 1. The smallest absolute Gasteiger partial charge is 0.265 e. The van der Waals surface area contributed by atoms with E-state index in [0.717, 1.165) is 16.1 Å². The van der Waals surface area contributed by atoms with E-state index >= 15 is 0 Å². The first kappa shape index (κ1) is 15.8. The predicted octanol–water partition coefficient (Wildman–Crippen LogP) is 5.94. The Morgan fingerprint density at radius 2 is 1.70 bits per heavy atom. The molecule has 0 spiro atoms. The van der Waals surface area contributed by atoms with E-state index < -0.39 is 0 Å². The minimum atomic E-state index is -0.104. The molecule has 23 heavy (non-hydrogen) atoms. The van der Waals surface area contributed by atoms with Crippen LogP contribution in [0.25, 0.3) is 10.4 Å². The molecule has 3 aromatic rings. The summed E-state index contributed by atoms with van der Waals surface area (Å²) in [5.41, 5.74) is 4.40. The van der Waals surface area contributed by atoms with Crippen molar-refractivity contribution in [1.29, 1.82) is 0 Å². The molecule has 0 fully saturated rings. The summed E-state index contributed by atoms with van der Waals surface area (Å²) >= 11 is 7.34. The van der Waals surface area contributed by atoms with Crippen LogP contribution in [-0.4, -0.2) is 5.91 Å². The lowest BCUT2D eigenvalue weighted by molar-refractivity contribution is 0.103. The predicted molar refractivity (Wildman–Crippen MR) is 98.6 cm³/mol. The summed E-state index contributed by atoms with van der Waals surface area (Å²) in [5, 5.41) is 3.53. The monoisotopic (exact) mass is 341 g/mol. The second-order valence-electron chi connectivity index (χ2n) is 5.42. The van der Waals surface area contributed by atoms with Crippen LogP contribution in [0.3, 0.4) is 0 Å². The van der Waals surface area contributed by atoms with Crippen LogP contribution in [0.5, 0.6) is 0 Å². The molecule has 0 aliphatic rings. The van der Waals surface area contributed by atoms with Gasteiger partial charge in [-0.05, 0) is 66.9 Å². The molecule has 2 nitrogen and oxygen atoms in total. The third-order valence-electron chi connectivity index (χ3n) is 3.72. The summed E-state index contributed by atoms with van der Waals surface area (Å²) in [6, 6.07) is 17.3. The van der Waals surface area contributed by atoms with E-state index in [2.05, 4.69) is 37.4 Å². The zero-order valence-electron chi connectivity index (χ0n) is 12.9. The highest BCUT2D eigenvalue weighted by Gasteiger charge is 2.11. The summed E-state index contributed by atoms with van der Waals surface area (Å²) in [7, 11) is 0. The van der Waals surface area contributed by atoms with Gasteiger partial charge in [0, 0.05) is 15.6 Å². The number of nitrogens with one attached hydrogen (secondary N) is 1. The summed E-state index contributed by atoms with van der Waals surface area (Å²) in [6.45, 7) is 4.19. The van der Waals surface area contributed by atoms with Crippen LogP contribution in [0, 0.1) is 13.8 Å². The maximum atomic E-state index is 12.3. The molecule has 0 aliphatic carbocycles. The first-order valence-corrected chi connectivity index (χ1v) is 8.47.